The summed E-state index contributed by atoms with van der Waals surface area (Å²) in [5, 5.41) is 20.3. The van der Waals surface area contributed by atoms with Crippen LogP contribution in [0, 0.1) is 0 Å². The molecule has 7 nitrogen and oxygen atoms in total. The number of phenolic OH excluding ortho intramolecular Hbond substituents is 1. The third-order valence-electron chi connectivity index (χ3n) is 5.70. The van der Waals surface area contributed by atoms with Crippen LogP contribution in [-0.2, 0) is 18.7 Å². The summed E-state index contributed by atoms with van der Waals surface area (Å²) in [5.74, 6) is 1.99. The number of hydrogen-bond acceptors (Lipinski definition) is 7. The zero-order valence-corrected chi connectivity index (χ0v) is 19.9. The molecule has 0 bridgehead atoms. The van der Waals surface area contributed by atoms with Crippen LogP contribution in [0.1, 0.15) is 11.1 Å². The number of hydrogen-bond donors (Lipinski definition) is 1. The molecule has 3 aromatic carbocycles. The quantitative estimate of drug-likeness (QED) is 0.236. The molecule has 176 valence electrons. The smallest absolute Gasteiger partial charge is 0.336 e. The molecule has 5 rings (SSSR count). The Hall–Kier alpha value is -4.04. The summed E-state index contributed by atoms with van der Waals surface area (Å²) in [6, 6.07) is 24.3. The minimum absolute atomic E-state index is 0.0487. The molecule has 0 aliphatic carbocycles. The van der Waals surface area contributed by atoms with E-state index in [-0.39, 0.29) is 5.75 Å². The van der Waals surface area contributed by atoms with Crippen molar-refractivity contribution < 1.29 is 14.3 Å². The van der Waals surface area contributed by atoms with Crippen molar-refractivity contribution >= 4 is 22.7 Å². The molecule has 2 heterocycles. The van der Waals surface area contributed by atoms with Gasteiger partial charge in [-0.15, -0.1) is 10.2 Å². The van der Waals surface area contributed by atoms with Crippen molar-refractivity contribution in [2.45, 2.75) is 23.9 Å². The molecule has 0 aliphatic heterocycles. The Labute approximate surface area is 206 Å². The lowest BCUT2D eigenvalue weighted by Crippen LogP contribution is -2.06. The van der Waals surface area contributed by atoms with E-state index in [4.69, 9.17) is 9.15 Å². The second-order valence-corrected chi connectivity index (χ2v) is 8.90. The van der Waals surface area contributed by atoms with E-state index in [0.29, 0.717) is 17.9 Å². The Morgan fingerprint density at radius 3 is 2.63 bits per heavy atom. The number of benzene rings is 3. The summed E-state index contributed by atoms with van der Waals surface area (Å²) in [5.41, 5.74) is 2.78. The van der Waals surface area contributed by atoms with E-state index in [1.165, 1.54) is 29.5 Å². The number of ether oxygens (including phenoxy) is 1. The number of para-hydroxylation sites is 1. The van der Waals surface area contributed by atoms with Gasteiger partial charge in [-0.25, -0.2) is 4.79 Å². The van der Waals surface area contributed by atoms with Gasteiger partial charge in [0.2, 0.25) is 0 Å². The highest BCUT2D eigenvalue weighted by Gasteiger charge is 2.18. The van der Waals surface area contributed by atoms with Gasteiger partial charge in [0.05, 0.1) is 12.7 Å². The normalized spacial score (nSPS) is 11.1. The molecule has 0 saturated heterocycles. The van der Waals surface area contributed by atoms with Crippen LogP contribution < -0.4 is 10.4 Å². The molecule has 35 heavy (non-hydrogen) atoms. The largest absolute Gasteiger partial charge is 0.508 e. The fourth-order valence-electron chi connectivity index (χ4n) is 3.99. The first-order valence-electron chi connectivity index (χ1n) is 11.1. The number of aryl methyl sites for hydroxylation is 1. The van der Waals surface area contributed by atoms with Crippen molar-refractivity contribution in [3.8, 4) is 22.9 Å². The molecule has 0 saturated carbocycles. The molecule has 0 amide bonds. The third-order valence-corrected chi connectivity index (χ3v) is 6.72. The van der Waals surface area contributed by atoms with Crippen LogP contribution in [0.2, 0.25) is 0 Å². The van der Waals surface area contributed by atoms with E-state index in [9.17, 15) is 9.90 Å². The Bertz CT molecular complexity index is 1530. The van der Waals surface area contributed by atoms with E-state index in [2.05, 4.69) is 26.9 Å². The number of nitrogens with zero attached hydrogens (tertiary/aromatic N) is 3. The summed E-state index contributed by atoms with van der Waals surface area (Å²) in [7, 11) is 1.64. The van der Waals surface area contributed by atoms with Gasteiger partial charge in [0.25, 0.3) is 0 Å². The van der Waals surface area contributed by atoms with Crippen LogP contribution >= 0.6 is 11.8 Å². The third kappa shape index (κ3) is 4.93. The van der Waals surface area contributed by atoms with Gasteiger partial charge in [-0.3, -0.25) is 0 Å². The Morgan fingerprint density at radius 2 is 1.80 bits per heavy atom. The maximum absolute atomic E-state index is 12.1. The summed E-state index contributed by atoms with van der Waals surface area (Å²) >= 11 is 1.50. The van der Waals surface area contributed by atoms with Gasteiger partial charge < -0.3 is 18.8 Å². The van der Waals surface area contributed by atoms with Crippen LogP contribution in [0.25, 0.3) is 22.4 Å². The second-order valence-electron chi connectivity index (χ2n) is 7.95. The van der Waals surface area contributed by atoms with Gasteiger partial charge in [-0.2, -0.15) is 0 Å². The molecule has 1 N–H and O–H groups in total. The van der Waals surface area contributed by atoms with Crippen molar-refractivity contribution in [2.24, 2.45) is 0 Å². The zero-order chi connectivity index (χ0) is 24.2. The maximum Gasteiger partial charge on any atom is 0.336 e. The van der Waals surface area contributed by atoms with Crippen LogP contribution in [0.3, 0.4) is 0 Å². The van der Waals surface area contributed by atoms with Crippen LogP contribution in [0.15, 0.2) is 93.2 Å². The Balaban J connectivity index is 1.50. The van der Waals surface area contributed by atoms with Gasteiger partial charge in [0.15, 0.2) is 11.0 Å². The van der Waals surface area contributed by atoms with Crippen LogP contribution in [-0.4, -0.2) is 27.0 Å². The molecule has 5 aromatic rings. The number of aromatic hydroxyl groups is 1. The van der Waals surface area contributed by atoms with Crippen molar-refractivity contribution in [3.05, 3.63) is 100 Å². The first-order chi connectivity index (χ1) is 17.1. The molecule has 0 aliphatic rings. The summed E-state index contributed by atoms with van der Waals surface area (Å²) < 4.78 is 12.9. The van der Waals surface area contributed by atoms with E-state index >= 15 is 0 Å². The standard InChI is InChI=1S/C27H23N3O4S/c1-33-23-10-6-5-9-22(23)26-28-29-27(30(26)14-13-18-7-3-2-4-8-18)35-17-19-15-25(32)34-24-16-20(31)11-12-21(19)24/h2-12,15-16,31H,13-14,17H2,1H3. The highest BCUT2D eigenvalue weighted by Crippen LogP contribution is 2.33. The van der Waals surface area contributed by atoms with Crippen molar-refractivity contribution in [1.82, 2.24) is 14.8 Å². The molecule has 2 aromatic heterocycles. The first kappa shape index (κ1) is 22.7. The fourth-order valence-corrected chi connectivity index (χ4v) is 4.95. The lowest BCUT2D eigenvalue weighted by atomic mass is 10.1. The van der Waals surface area contributed by atoms with E-state index in [1.54, 1.807) is 19.2 Å². The monoisotopic (exact) mass is 485 g/mol. The second kappa shape index (κ2) is 10.1. The van der Waals surface area contributed by atoms with E-state index in [1.807, 2.05) is 42.5 Å². The molecule has 8 heteroatoms. The van der Waals surface area contributed by atoms with Crippen molar-refractivity contribution in [1.29, 1.82) is 0 Å². The average molecular weight is 486 g/mol. The molecule has 0 radical (unpaired) electrons. The molecule has 0 spiro atoms. The number of thioether (sulfide) groups is 1. The first-order valence-corrected chi connectivity index (χ1v) is 12.1. The Kier molecular flexibility index (Phi) is 6.54. The van der Waals surface area contributed by atoms with Gasteiger partial charge in [-0.1, -0.05) is 54.2 Å². The molecular weight excluding hydrogens is 462 g/mol. The summed E-state index contributed by atoms with van der Waals surface area (Å²) in [6.07, 6.45) is 0.811. The number of aromatic nitrogens is 3. The van der Waals surface area contributed by atoms with Crippen molar-refractivity contribution in [3.63, 3.8) is 0 Å². The highest BCUT2D eigenvalue weighted by atomic mass is 32.2. The zero-order valence-electron chi connectivity index (χ0n) is 19.0. The number of fused-ring (bicyclic) bond motifs is 1. The molecule has 0 atom stereocenters. The number of methoxy groups -OCH3 is 1. The fraction of sp³-hybridized carbons (Fsp3) is 0.148. The maximum atomic E-state index is 12.1. The van der Waals surface area contributed by atoms with Gasteiger partial charge in [0, 0.05) is 29.8 Å². The number of phenols is 1. The van der Waals surface area contributed by atoms with Crippen molar-refractivity contribution in [2.75, 3.05) is 7.11 Å². The van der Waals surface area contributed by atoms with Gasteiger partial charge >= 0.3 is 5.63 Å². The van der Waals surface area contributed by atoms with Crippen LogP contribution in [0.4, 0.5) is 0 Å². The summed E-state index contributed by atoms with van der Waals surface area (Å²) in [4.78, 5) is 12.1. The topological polar surface area (TPSA) is 90.4 Å². The average Bonchev–Trinajstić information content (AvgIpc) is 3.28. The van der Waals surface area contributed by atoms with E-state index in [0.717, 1.165) is 39.7 Å². The molecule has 0 fully saturated rings. The van der Waals surface area contributed by atoms with Gasteiger partial charge in [-0.05, 0) is 41.8 Å². The van der Waals surface area contributed by atoms with E-state index < -0.39 is 5.63 Å². The lowest BCUT2D eigenvalue weighted by molar-refractivity contribution is 0.415. The highest BCUT2D eigenvalue weighted by molar-refractivity contribution is 7.98. The van der Waals surface area contributed by atoms with Crippen LogP contribution in [0.5, 0.6) is 11.5 Å². The molecular formula is C27H23N3O4S. The minimum Gasteiger partial charge on any atom is -0.508 e. The predicted octanol–water partition coefficient (Wildman–Crippen LogP) is 5.30. The predicted molar refractivity (Wildman–Crippen MR) is 136 cm³/mol. The van der Waals surface area contributed by atoms with Gasteiger partial charge in [0.1, 0.15) is 17.1 Å². The Morgan fingerprint density at radius 1 is 1.00 bits per heavy atom. The lowest BCUT2D eigenvalue weighted by Gasteiger charge is -2.13. The minimum atomic E-state index is -0.459. The summed E-state index contributed by atoms with van der Waals surface area (Å²) in [6.45, 7) is 0.679. The molecule has 0 unspecified atom stereocenters. The SMILES string of the molecule is COc1ccccc1-c1nnc(SCc2cc(=O)oc3cc(O)ccc23)n1CCc1ccccc1. The number of rotatable bonds is 8.